The van der Waals surface area contributed by atoms with Crippen LogP contribution in [-0.2, 0) is 6.42 Å². The van der Waals surface area contributed by atoms with E-state index >= 15 is 0 Å². The lowest BCUT2D eigenvalue weighted by Gasteiger charge is -2.12. The van der Waals surface area contributed by atoms with Crippen LogP contribution in [0.25, 0.3) is 0 Å². The highest BCUT2D eigenvalue weighted by molar-refractivity contribution is 6.35. The smallest absolute Gasteiger partial charge is 0.202 e. The van der Waals surface area contributed by atoms with E-state index < -0.39 is 0 Å². The summed E-state index contributed by atoms with van der Waals surface area (Å²) in [6.07, 6.45) is 0.543. The Labute approximate surface area is 156 Å². The van der Waals surface area contributed by atoms with E-state index in [4.69, 9.17) is 32.7 Å². The predicted molar refractivity (Wildman–Crippen MR) is 99.1 cm³/mol. The van der Waals surface area contributed by atoms with Gasteiger partial charge in [0.25, 0.3) is 0 Å². The summed E-state index contributed by atoms with van der Waals surface area (Å²) < 4.78 is 11.0. The van der Waals surface area contributed by atoms with Crippen LogP contribution in [0.1, 0.15) is 17.0 Å². The monoisotopic (exact) mass is 374 g/mol. The van der Waals surface area contributed by atoms with Gasteiger partial charge >= 0.3 is 0 Å². The molecule has 0 aliphatic rings. The Hall–Kier alpha value is -2.30. The minimum absolute atomic E-state index is 0.162. The summed E-state index contributed by atoms with van der Waals surface area (Å²) in [7, 11) is 1.56. The molecule has 0 aliphatic carbocycles. The maximum absolute atomic E-state index is 6.28. The molecule has 0 bridgehead atoms. The van der Waals surface area contributed by atoms with Crippen molar-refractivity contribution in [1.29, 1.82) is 0 Å². The molecule has 1 aromatic heterocycles. The van der Waals surface area contributed by atoms with Crippen molar-refractivity contribution in [3.05, 3.63) is 75.8 Å². The number of aromatic nitrogens is 2. The first-order chi connectivity index (χ1) is 12.1. The number of nitrogens with zero attached hydrogens (tertiary/aromatic N) is 2. The summed E-state index contributed by atoms with van der Waals surface area (Å²) in [4.78, 5) is 8.65. The number of hydrogen-bond acceptors (Lipinski definition) is 4. The molecule has 0 aliphatic heterocycles. The van der Waals surface area contributed by atoms with E-state index in [1.54, 1.807) is 19.2 Å². The minimum atomic E-state index is 0.162. The molecule has 0 radical (unpaired) electrons. The highest BCUT2D eigenvalue weighted by Gasteiger charge is 2.16. The second-order valence-corrected chi connectivity index (χ2v) is 6.12. The summed E-state index contributed by atoms with van der Waals surface area (Å²) in [5.41, 5.74) is 2.28. The lowest BCUT2D eigenvalue weighted by atomic mass is 10.1. The van der Waals surface area contributed by atoms with E-state index in [0.29, 0.717) is 23.7 Å². The third-order valence-electron chi connectivity index (χ3n) is 3.72. The fraction of sp³-hybridized carbons (Fsp3) is 0.158. The SMILES string of the molecule is COc1ccccc1Oc1c(Cl)nc(Cc2ccccc2C)nc1Cl. The van der Waals surface area contributed by atoms with Gasteiger partial charge in [-0.2, -0.15) is 0 Å². The molecule has 128 valence electrons. The van der Waals surface area contributed by atoms with E-state index in [1.165, 1.54) is 0 Å². The summed E-state index contributed by atoms with van der Waals surface area (Å²) in [6.45, 7) is 2.04. The van der Waals surface area contributed by atoms with Gasteiger partial charge in [-0.1, -0.05) is 59.6 Å². The Bertz CT molecular complexity index is 877. The largest absolute Gasteiger partial charge is 0.493 e. The molecule has 0 amide bonds. The predicted octanol–water partition coefficient (Wildman–Crippen LogP) is 5.48. The molecule has 4 nitrogen and oxygen atoms in total. The zero-order valence-corrected chi connectivity index (χ0v) is 15.3. The lowest BCUT2D eigenvalue weighted by molar-refractivity contribution is 0.378. The molecule has 2 aromatic carbocycles. The summed E-state index contributed by atoms with van der Waals surface area (Å²) >= 11 is 12.6. The van der Waals surface area contributed by atoms with E-state index in [9.17, 15) is 0 Å². The number of hydrogen-bond donors (Lipinski definition) is 0. The molecule has 6 heteroatoms. The molecular weight excluding hydrogens is 359 g/mol. The van der Waals surface area contributed by atoms with Gasteiger partial charge in [0.05, 0.1) is 7.11 Å². The normalized spacial score (nSPS) is 10.6. The van der Waals surface area contributed by atoms with Crippen molar-refractivity contribution >= 4 is 23.2 Å². The molecular formula is C19H16Cl2N2O2. The first-order valence-corrected chi connectivity index (χ1v) is 8.41. The van der Waals surface area contributed by atoms with Crippen molar-refractivity contribution in [2.45, 2.75) is 13.3 Å². The van der Waals surface area contributed by atoms with E-state index in [1.807, 2.05) is 43.3 Å². The summed E-state index contributed by atoms with van der Waals surface area (Å²) in [5, 5.41) is 0.323. The topological polar surface area (TPSA) is 44.2 Å². The van der Waals surface area contributed by atoms with Crippen LogP contribution in [0.4, 0.5) is 0 Å². The second kappa shape index (κ2) is 7.72. The number of methoxy groups -OCH3 is 1. The van der Waals surface area contributed by atoms with E-state index in [0.717, 1.165) is 11.1 Å². The van der Waals surface area contributed by atoms with Gasteiger partial charge in [-0.25, -0.2) is 9.97 Å². The van der Waals surface area contributed by atoms with Crippen LogP contribution in [0, 0.1) is 6.92 Å². The van der Waals surface area contributed by atoms with Gasteiger partial charge < -0.3 is 9.47 Å². The van der Waals surface area contributed by atoms with Crippen LogP contribution in [0.15, 0.2) is 48.5 Å². The molecule has 0 atom stereocenters. The summed E-state index contributed by atoms with van der Waals surface area (Å²) in [5.74, 6) is 1.81. The second-order valence-electron chi connectivity index (χ2n) is 5.41. The standard InChI is InChI=1S/C19H16Cl2N2O2/c1-12-7-3-4-8-13(12)11-16-22-18(20)17(19(21)23-16)25-15-10-6-5-9-14(15)24-2/h3-10H,11H2,1-2H3. The first kappa shape index (κ1) is 17.5. The van der Waals surface area contributed by atoms with Crippen molar-refractivity contribution in [3.63, 3.8) is 0 Å². The van der Waals surface area contributed by atoms with Crippen LogP contribution < -0.4 is 9.47 Å². The Kier molecular flexibility index (Phi) is 5.41. The zero-order valence-electron chi connectivity index (χ0n) is 13.8. The maximum atomic E-state index is 6.28. The van der Waals surface area contributed by atoms with Crippen LogP contribution in [-0.4, -0.2) is 17.1 Å². The van der Waals surface area contributed by atoms with Gasteiger partial charge in [0, 0.05) is 6.42 Å². The van der Waals surface area contributed by atoms with Crippen molar-refractivity contribution < 1.29 is 9.47 Å². The molecule has 25 heavy (non-hydrogen) atoms. The zero-order chi connectivity index (χ0) is 17.8. The average molecular weight is 375 g/mol. The maximum Gasteiger partial charge on any atom is 0.202 e. The highest BCUT2D eigenvalue weighted by Crippen LogP contribution is 2.37. The van der Waals surface area contributed by atoms with Gasteiger partial charge in [0.1, 0.15) is 5.82 Å². The van der Waals surface area contributed by atoms with Crippen molar-refractivity contribution in [1.82, 2.24) is 9.97 Å². The van der Waals surface area contributed by atoms with Crippen molar-refractivity contribution in [2.75, 3.05) is 7.11 Å². The van der Waals surface area contributed by atoms with Gasteiger partial charge in [-0.15, -0.1) is 0 Å². The molecule has 3 rings (SSSR count). The van der Waals surface area contributed by atoms with Crippen LogP contribution in [0.5, 0.6) is 17.2 Å². The van der Waals surface area contributed by atoms with Crippen LogP contribution in [0.3, 0.4) is 0 Å². The first-order valence-electron chi connectivity index (χ1n) is 7.65. The Morgan fingerprint density at radius 3 is 2.12 bits per heavy atom. The highest BCUT2D eigenvalue weighted by atomic mass is 35.5. The fourth-order valence-electron chi connectivity index (χ4n) is 2.39. The number of ether oxygens (including phenoxy) is 2. The van der Waals surface area contributed by atoms with E-state index in [-0.39, 0.29) is 16.1 Å². The Morgan fingerprint density at radius 2 is 1.48 bits per heavy atom. The van der Waals surface area contributed by atoms with Gasteiger partial charge in [-0.05, 0) is 30.2 Å². The molecule has 3 aromatic rings. The molecule has 0 spiro atoms. The number of rotatable bonds is 5. The lowest BCUT2D eigenvalue weighted by Crippen LogP contribution is -2.01. The van der Waals surface area contributed by atoms with Crippen molar-refractivity contribution in [3.8, 4) is 17.2 Å². The molecule has 0 N–H and O–H groups in total. The average Bonchev–Trinajstić information content (AvgIpc) is 2.60. The molecule has 0 fully saturated rings. The number of benzene rings is 2. The molecule has 0 saturated carbocycles. The number of halogens is 2. The van der Waals surface area contributed by atoms with E-state index in [2.05, 4.69) is 9.97 Å². The fourth-order valence-corrected chi connectivity index (χ4v) is 2.89. The quantitative estimate of drug-likeness (QED) is 0.554. The number of aryl methyl sites for hydroxylation is 1. The van der Waals surface area contributed by atoms with Crippen LogP contribution in [0.2, 0.25) is 10.3 Å². The van der Waals surface area contributed by atoms with Gasteiger partial charge in [0.15, 0.2) is 21.8 Å². The van der Waals surface area contributed by atoms with Gasteiger partial charge in [-0.3, -0.25) is 0 Å². The minimum Gasteiger partial charge on any atom is -0.493 e. The molecule has 0 unspecified atom stereocenters. The Balaban J connectivity index is 1.89. The summed E-state index contributed by atoms with van der Waals surface area (Å²) in [6, 6.07) is 15.2. The third kappa shape index (κ3) is 4.03. The molecule has 0 saturated heterocycles. The molecule has 1 heterocycles. The Morgan fingerprint density at radius 1 is 0.880 bits per heavy atom. The number of para-hydroxylation sites is 2. The van der Waals surface area contributed by atoms with Crippen molar-refractivity contribution in [2.24, 2.45) is 0 Å². The van der Waals surface area contributed by atoms with Gasteiger partial charge in [0.2, 0.25) is 5.75 Å². The third-order valence-corrected chi connectivity index (χ3v) is 4.23. The van der Waals surface area contributed by atoms with Crippen LogP contribution >= 0.6 is 23.2 Å².